The summed E-state index contributed by atoms with van der Waals surface area (Å²) in [5.41, 5.74) is 7.26. The molecular weight excluding hydrogens is 242 g/mol. The standard InChI is InChI=1S/C14H21N3O2/c1-3-12(15)8-13(18)17-9-10-4-6-11(7-5-10)14(19)16-2/h4-7,12H,3,8-9,15H2,1-2H3,(H,16,19)(H,17,18). The molecule has 0 aliphatic carbocycles. The van der Waals surface area contributed by atoms with Crippen LogP contribution in [0.5, 0.6) is 0 Å². The molecule has 104 valence electrons. The van der Waals surface area contributed by atoms with E-state index in [9.17, 15) is 9.59 Å². The van der Waals surface area contributed by atoms with Crippen LogP contribution in [0.4, 0.5) is 0 Å². The maximum absolute atomic E-state index is 11.6. The molecular formula is C14H21N3O2. The highest BCUT2D eigenvalue weighted by Crippen LogP contribution is 2.04. The molecule has 1 aromatic carbocycles. The second-order valence-electron chi connectivity index (χ2n) is 4.43. The minimum absolute atomic E-state index is 0.0512. The third-order valence-electron chi connectivity index (χ3n) is 2.90. The third-order valence-corrected chi connectivity index (χ3v) is 2.90. The number of nitrogens with one attached hydrogen (secondary N) is 2. The molecule has 1 aromatic rings. The minimum atomic E-state index is -0.121. The fraction of sp³-hybridized carbons (Fsp3) is 0.429. The van der Waals surface area contributed by atoms with Crippen LogP contribution in [0, 0.1) is 0 Å². The first-order valence-corrected chi connectivity index (χ1v) is 6.40. The molecule has 0 fully saturated rings. The van der Waals surface area contributed by atoms with Crippen molar-refractivity contribution in [2.45, 2.75) is 32.4 Å². The number of benzene rings is 1. The molecule has 1 atom stereocenters. The van der Waals surface area contributed by atoms with Gasteiger partial charge in [0.2, 0.25) is 5.91 Å². The molecule has 0 heterocycles. The van der Waals surface area contributed by atoms with Crippen molar-refractivity contribution in [1.82, 2.24) is 10.6 Å². The summed E-state index contributed by atoms with van der Waals surface area (Å²) < 4.78 is 0. The molecule has 0 bridgehead atoms. The van der Waals surface area contributed by atoms with E-state index in [1.165, 1.54) is 0 Å². The van der Waals surface area contributed by atoms with Crippen LogP contribution in [0.3, 0.4) is 0 Å². The topological polar surface area (TPSA) is 84.2 Å². The lowest BCUT2D eigenvalue weighted by Crippen LogP contribution is -2.30. The smallest absolute Gasteiger partial charge is 0.251 e. The first-order valence-electron chi connectivity index (χ1n) is 6.40. The van der Waals surface area contributed by atoms with Gasteiger partial charge in [-0.15, -0.1) is 0 Å². The molecule has 4 N–H and O–H groups in total. The molecule has 0 radical (unpaired) electrons. The van der Waals surface area contributed by atoms with Crippen molar-refractivity contribution in [2.24, 2.45) is 5.73 Å². The van der Waals surface area contributed by atoms with Gasteiger partial charge in [0, 0.05) is 31.6 Å². The zero-order valence-corrected chi connectivity index (χ0v) is 11.4. The van der Waals surface area contributed by atoms with Crippen LogP contribution in [0.2, 0.25) is 0 Å². The van der Waals surface area contributed by atoms with Gasteiger partial charge in [0.05, 0.1) is 0 Å². The van der Waals surface area contributed by atoms with Crippen LogP contribution in [0.15, 0.2) is 24.3 Å². The highest BCUT2D eigenvalue weighted by molar-refractivity contribution is 5.93. The summed E-state index contributed by atoms with van der Waals surface area (Å²) in [6.45, 7) is 2.40. The summed E-state index contributed by atoms with van der Waals surface area (Å²) in [6.07, 6.45) is 1.13. The molecule has 2 amide bonds. The van der Waals surface area contributed by atoms with E-state index in [4.69, 9.17) is 5.73 Å². The van der Waals surface area contributed by atoms with Gasteiger partial charge in [-0.3, -0.25) is 9.59 Å². The monoisotopic (exact) mass is 263 g/mol. The molecule has 5 nitrogen and oxygen atoms in total. The van der Waals surface area contributed by atoms with Gasteiger partial charge in [0.25, 0.3) is 5.91 Å². The fourth-order valence-electron chi connectivity index (χ4n) is 1.57. The van der Waals surface area contributed by atoms with Crippen molar-refractivity contribution in [1.29, 1.82) is 0 Å². The number of nitrogens with two attached hydrogens (primary N) is 1. The first kappa shape index (κ1) is 15.2. The summed E-state index contributed by atoms with van der Waals surface area (Å²) in [4.78, 5) is 22.9. The molecule has 1 unspecified atom stereocenters. The number of amides is 2. The fourth-order valence-corrected chi connectivity index (χ4v) is 1.57. The van der Waals surface area contributed by atoms with Crippen LogP contribution >= 0.6 is 0 Å². The van der Waals surface area contributed by atoms with Crippen molar-refractivity contribution >= 4 is 11.8 Å². The number of carbonyl (C=O) groups excluding carboxylic acids is 2. The quantitative estimate of drug-likeness (QED) is 0.709. The maximum Gasteiger partial charge on any atom is 0.251 e. The molecule has 0 aromatic heterocycles. The molecule has 0 spiro atoms. The lowest BCUT2D eigenvalue weighted by molar-refractivity contribution is -0.121. The Hall–Kier alpha value is -1.88. The van der Waals surface area contributed by atoms with Crippen LogP contribution in [0.25, 0.3) is 0 Å². The highest BCUT2D eigenvalue weighted by Gasteiger charge is 2.07. The van der Waals surface area contributed by atoms with E-state index in [1.807, 2.05) is 19.1 Å². The summed E-state index contributed by atoms with van der Waals surface area (Å²) >= 11 is 0. The summed E-state index contributed by atoms with van der Waals surface area (Å²) in [5.74, 6) is -0.172. The van der Waals surface area contributed by atoms with Crippen LogP contribution in [-0.4, -0.2) is 24.9 Å². The van der Waals surface area contributed by atoms with E-state index in [1.54, 1.807) is 19.2 Å². The zero-order valence-electron chi connectivity index (χ0n) is 11.4. The Morgan fingerprint density at radius 2 is 1.89 bits per heavy atom. The Kier molecular flexibility index (Phi) is 6.02. The molecule has 0 aliphatic heterocycles. The van der Waals surface area contributed by atoms with E-state index >= 15 is 0 Å². The highest BCUT2D eigenvalue weighted by atomic mass is 16.2. The summed E-state index contributed by atoms with van der Waals surface area (Å²) in [6, 6.07) is 7.03. The lowest BCUT2D eigenvalue weighted by Gasteiger charge is -2.09. The van der Waals surface area contributed by atoms with E-state index < -0.39 is 0 Å². The first-order chi connectivity index (χ1) is 9.06. The molecule has 1 rings (SSSR count). The molecule has 5 heteroatoms. The zero-order chi connectivity index (χ0) is 14.3. The lowest BCUT2D eigenvalue weighted by atomic mass is 10.1. The molecule has 19 heavy (non-hydrogen) atoms. The normalized spacial score (nSPS) is 11.7. The Morgan fingerprint density at radius 1 is 1.26 bits per heavy atom. The van der Waals surface area contributed by atoms with Crippen LogP contribution in [0.1, 0.15) is 35.7 Å². The van der Waals surface area contributed by atoms with Crippen LogP contribution in [-0.2, 0) is 11.3 Å². The predicted molar refractivity (Wildman–Crippen MR) is 74.6 cm³/mol. The maximum atomic E-state index is 11.6. The van der Waals surface area contributed by atoms with Gasteiger partial charge in [0.1, 0.15) is 0 Å². The Balaban J connectivity index is 2.46. The van der Waals surface area contributed by atoms with E-state index in [2.05, 4.69) is 10.6 Å². The number of rotatable bonds is 6. The van der Waals surface area contributed by atoms with Crippen LogP contribution < -0.4 is 16.4 Å². The van der Waals surface area contributed by atoms with Gasteiger partial charge in [-0.25, -0.2) is 0 Å². The number of hydrogen-bond donors (Lipinski definition) is 3. The largest absolute Gasteiger partial charge is 0.355 e. The second kappa shape index (κ2) is 7.53. The van der Waals surface area contributed by atoms with Crippen molar-refractivity contribution in [3.8, 4) is 0 Å². The van der Waals surface area contributed by atoms with Gasteiger partial charge in [-0.05, 0) is 24.1 Å². The van der Waals surface area contributed by atoms with Gasteiger partial charge in [-0.1, -0.05) is 19.1 Å². The van der Waals surface area contributed by atoms with Crippen molar-refractivity contribution in [3.63, 3.8) is 0 Å². The molecule has 0 saturated carbocycles. The molecule has 0 saturated heterocycles. The third kappa shape index (κ3) is 5.09. The van der Waals surface area contributed by atoms with Crippen molar-refractivity contribution < 1.29 is 9.59 Å². The number of carbonyl (C=O) groups is 2. The average Bonchev–Trinajstić information content (AvgIpc) is 2.44. The van der Waals surface area contributed by atoms with E-state index in [-0.39, 0.29) is 17.9 Å². The summed E-state index contributed by atoms with van der Waals surface area (Å²) in [7, 11) is 1.59. The molecule has 0 aliphatic rings. The van der Waals surface area contributed by atoms with Gasteiger partial charge in [0.15, 0.2) is 0 Å². The Bertz CT molecular complexity index is 429. The van der Waals surface area contributed by atoms with Crippen molar-refractivity contribution in [3.05, 3.63) is 35.4 Å². The minimum Gasteiger partial charge on any atom is -0.355 e. The summed E-state index contributed by atoms with van der Waals surface area (Å²) in [5, 5.41) is 5.36. The average molecular weight is 263 g/mol. The van der Waals surface area contributed by atoms with Crippen molar-refractivity contribution in [2.75, 3.05) is 7.05 Å². The van der Waals surface area contributed by atoms with E-state index in [0.29, 0.717) is 18.5 Å². The van der Waals surface area contributed by atoms with Gasteiger partial charge >= 0.3 is 0 Å². The number of hydrogen-bond acceptors (Lipinski definition) is 3. The Labute approximate surface area is 113 Å². The van der Waals surface area contributed by atoms with E-state index in [0.717, 1.165) is 12.0 Å². The Morgan fingerprint density at radius 3 is 2.42 bits per heavy atom. The van der Waals surface area contributed by atoms with Gasteiger partial charge in [-0.2, -0.15) is 0 Å². The second-order valence-corrected chi connectivity index (χ2v) is 4.43. The van der Waals surface area contributed by atoms with Gasteiger partial charge < -0.3 is 16.4 Å². The SMILES string of the molecule is CCC(N)CC(=O)NCc1ccc(C(=O)NC)cc1. The predicted octanol–water partition coefficient (Wildman–Crippen LogP) is 0.790.